The molecule has 0 heterocycles. The van der Waals surface area contributed by atoms with Crippen molar-refractivity contribution in [3.05, 3.63) is 0 Å². The molecule has 0 radical (unpaired) electrons. The molecule has 0 saturated carbocycles. The highest BCUT2D eigenvalue weighted by atomic mass is 32.3. The van der Waals surface area contributed by atoms with E-state index in [1.807, 2.05) is 6.92 Å². The molecule has 0 unspecified atom stereocenters. The Morgan fingerprint density at radius 1 is 0.386 bits per heavy atom. The molecule has 0 aromatic heterocycles. The average molecular weight is 645 g/mol. The summed E-state index contributed by atoms with van der Waals surface area (Å²) in [7, 11) is -2.73. The van der Waals surface area contributed by atoms with E-state index in [2.05, 4.69) is 18.0 Å². The van der Waals surface area contributed by atoms with Crippen LogP contribution in [-0.4, -0.2) is 21.1 Å². The van der Waals surface area contributed by atoms with Crippen molar-refractivity contribution in [1.29, 1.82) is 0 Å². The maximum Gasteiger partial charge on any atom is 0.400 e. The minimum atomic E-state index is -3.92. The molecule has 0 aromatic rings. The Hall–Kier alpha value is -0.130. The third-order valence-corrected chi connectivity index (χ3v) is 10.6. The first-order valence-electron chi connectivity index (χ1n) is 19.9. The Morgan fingerprint density at radius 3 is 0.795 bits per heavy atom. The van der Waals surface area contributed by atoms with Crippen molar-refractivity contribution in [3.63, 3.8) is 0 Å². The van der Waals surface area contributed by atoms with Crippen molar-refractivity contribution in [1.82, 2.24) is 0 Å². The molecule has 0 rings (SSSR count). The molecule has 266 valence electrons. The quantitative estimate of drug-likeness (QED) is 0.0631. The summed E-state index contributed by atoms with van der Waals surface area (Å²) < 4.78 is 34.5. The van der Waals surface area contributed by atoms with Crippen LogP contribution in [0.3, 0.4) is 0 Å². The van der Waals surface area contributed by atoms with Gasteiger partial charge in [0.25, 0.3) is 0 Å². The number of rotatable bonds is 37. The van der Waals surface area contributed by atoms with E-state index in [9.17, 15) is 8.42 Å². The van der Waals surface area contributed by atoms with Crippen LogP contribution in [0.4, 0.5) is 0 Å². The Kier molecular flexibility index (Phi) is 32.7. The van der Waals surface area contributed by atoms with Gasteiger partial charge < -0.3 is 0 Å². The summed E-state index contributed by atoms with van der Waals surface area (Å²) in [5.74, 6) is 0. The zero-order chi connectivity index (χ0) is 32.5. The lowest BCUT2D eigenvalue weighted by Gasteiger charge is -2.28. The Balaban J connectivity index is 3.82. The summed E-state index contributed by atoms with van der Waals surface area (Å²) in [6, 6.07) is 0. The van der Waals surface area contributed by atoms with Crippen LogP contribution in [0.15, 0.2) is 0 Å². The number of hydrogen-bond donors (Lipinski definition) is 0. The Bertz CT molecular complexity index is 627. The van der Waals surface area contributed by atoms with Gasteiger partial charge in [0.2, 0.25) is 0 Å². The van der Waals surface area contributed by atoms with Crippen molar-refractivity contribution in [2.24, 2.45) is 0 Å². The highest BCUT2D eigenvalue weighted by molar-refractivity contribution is 7.81. The van der Waals surface area contributed by atoms with Gasteiger partial charge in [-0.25, -0.2) is 4.18 Å². The van der Waals surface area contributed by atoms with Crippen LogP contribution in [0.25, 0.3) is 0 Å². The van der Waals surface area contributed by atoms with Crippen LogP contribution in [0.2, 0.25) is 0 Å². The summed E-state index contributed by atoms with van der Waals surface area (Å²) >= 11 is 0. The second kappa shape index (κ2) is 32.8. The first-order chi connectivity index (χ1) is 21.4. The molecule has 0 spiro atoms. The molecule has 5 heteroatoms. The molecule has 0 aliphatic rings. The van der Waals surface area contributed by atoms with Crippen LogP contribution in [0, 0.1) is 0 Å². The van der Waals surface area contributed by atoms with E-state index in [0.717, 1.165) is 38.5 Å². The molecule has 44 heavy (non-hydrogen) atoms. The van der Waals surface area contributed by atoms with Crippen LogP contribution < -0.4 is 0 Å². The predicted molar refractivity (Wildman–Crippen MR) is 194 cm³/mol. The first-order valence-corrected chi connectivity index (χ1v) is 21.2. The fourth-order valence-electron chi connectivity index (χ4n) is 6.58. The van der Waals surface area contributed by atoms with Crippen molar-refractivity contribution in [2.75, 3.05) is 7.11 Å². The summed E-state index contributed by atoms with van der Waals surface area (Å²) in [6.07, 6.45) is 44.6. The van der Waals surface area contributed by atoms with E-state index in [0.29, 0.717) is 0 Å². The lowest BCUT2D eigenvalue weighted by molar-refractivity contribution is 0.0532. The van der Waals surface area contributed by atoms with Crippen LogP contribution in [-0.2, 0) is 18.8 Å². The fourth-order valence-corrected chi connectivity index (χ4v) is 7.31. The molecule has 0 aliphatic carbocycles. The second-order valence-corrected chi connectivity index (χ2v) is 15.5. The van der Waals surface area contributed by atoms with E-state index in [1.165, 1.54) is 187 Å². The molecule has 4 nitrogen and oxygen atoms in total. The molecule has 0 aromatic carbocycles. The fraction of sp³-hybridized carbons (Fsp3) is 1.00. The maximum absolute atomic E-state index is 12.1. The third-order valence-electron chi connectivity index (χ3n) is 9.63. The molecule has 0 amide bonds. The topological polar surface area (TPSA) is 52.6 Å². The van der Waals surface area contributed by atoms with E-state index in [1.54, 1.807) is 0 Å². The third kappa shape index (κ3) is 31.8. The standard InChI is InChI=1S/C39H80O4S/c1-5-7-9-11-13-15-17-19-21-23-25-27-29-31-33-35-37-39(3,43-44(40,41)42-4)38-36-34-32-30-28-26-24-22-20-18-16-14-12-10-8-6-2/h5-38H2,1-4H3. The SMILES string of the molecule is CCCCCCCCCCCCCCCCCCC(C)(CCCCCCCCCCCCCCCCCC)OS(=O)(=O)OC. The molecular formula is C39H80O4S. The largest absolute Gasteiger partial charge is 0.400 e. The van der Waals surface area contributed by atoms with Crippen molar-refractivity contribution in [2.45, 2.75) is 245 Å². The number of hydrogen-bond acceptors (Lipinski definition) is 4. The van der Waals surface area contributed by atoms with Gasteiger partial charge in [-0.1, -0.05) is 219 Å². The minimum Gasteiger partial charge on any atom is -0.252 e. The van der Waals surface area contributed by atoms with Crippen molar-refractivity contribution in [3.8, 4) is 0 Å². The predicted octanol–water partition coefficient (Wildman–Crippen LogP) is 14.0. The van der Waals surface area contributed by atoms with Gasteiger partial charge in [0.1, 0.15) is 0 Å². The highest BCUT2D eigenvalue weighted by Gasteiger charge is 2.31. The molecule has 0 atom stereocenters. The van der Waals surface area contributed by atoms with Crippen LogP contribution >= 0.6 is 0 Å². The van der Waals surface area contributed by atoms with Crippen molar-refractivity contribution >= 4 is 10.4 Å². The molecule has 0 bridgehead atoms. The smallest absolute Gasteiger partial charge is 0.252 e. The Morgan fingerprint density at radius 2 is 0.591 bits per heavy atom. The lowest BCUT2D eigenvalue weighted by atomic mass is 9.91. The van der Waals surface area contributed by atoms with Gasteiger partial charge in [-0.2, -0.15) is 8.42 Å². The summed E-state index contributed by atoms with van der Waals surface area (Å²) in [5.41, 5.74) is -0.652. The molecular weight excluding hydrogens is 564 g/mol. The summed E-state index contributed by atoms with van der Waals surface area (Å²) in [4.78, 5) is 0. The van der Waals surface area contributed by atoms with Crippen molar-refractivity contribution < 1.29 is 16.8 Å². The van der Waals surface area contributed by atoms with Crippen LogP contribution in [0.1, 0.15) is 239 Å². The molecule has 0 aliphatic heterocycles. The monoisotopic (exact) mass is 645 g/mol. The molecule has 0 saturated heterocycles. The summed E-state index contributed by atoms with van der Waals surface area (Å²) in [5, 5.41) is 0. The summed E-state index contributed by atoms with van der Waals surface area (Å²) in [6.45, 7) is 6.54. The maximum atomic E-state index is 12.1. The van der Waals surface area contributed by atoms with Gasteiger partial charge >= 0.3 is 10.4 Å². The second-order valence-electron chi connectivity index (χ2n) is 14.2. The van der Waals surface area contributed by atoms with Gasteiger partial charge in [0.05, 0.1) is 12.7 Å². The van der Waals surface area contributed by atoms with E-state index in [4.69, 9.17) is 4.18 Å². The molecule has 0 N–H and O–H groups in total. The van der Waals surface area contributed by atoms with Gasteiger partial charge in [0, 0.05) is 0 Å². The van der Waals surface area contributed by atoms with Gasteiger partial charge in [-0.05, 0) is 19.8 Å². The van der Waals surface area contributed by atoms with E-state index in [-0.39, 0.29) is 0 Å². The van der Waals surface area contributed by atoms with E-state index >= 15 is 0 Å². The highest BCUT2D eigenvalue weighted by Crippen LogP contribution is 2.29. The normalized spacial score (nSPS) is 12.4. The lowest BCUT2D eigenvalue weighted by Crippen LogP contribution is -2.32. The average Bonchev–Trinajstić information content (AvgIpc) is 3.00. The van der Waals surface area contributed by atoms with Gasteiger partial charge in [0.15, 0.2) is 0 Å². The zero-order valence-electron chi connectivity index (χ0n) is 30.6. The number of unbranched alkanes of at least 4 members (excludes halogenated alkanes) is 30. The Labute approximate surface area is 278 Å². The van der Waals surface area contributed by atoms with Gasteiger partial charge in [-0.15, -0.1) is 0 Å². The minimum absolute atomic E-state index is 0.652. The molecule has 0 fully saturated rings. The first kappa shape index (κ1) is 43.9. The van der Waals surface area contributed by atoms with E-state index < -0.39 is 16.0 Å². The van der Waals surface area contributed by atoms with Gasteiger partial charge in [-0.3, -0.25) is 4.18 Å². The van der Waals surface area contributed by atoms with Crippen LogP contribution in [0.5, 0.6) is 0 Å². The zero-order valence-corrected chi connectivity index (χ0v) is 31.4.